The summed E-state index contributed by atoms with van der Waals surface area (Å²) < 4.78 is 9.14. The monoisotopic (exact) mass is 360 g/mol. The van der Waals surface area contributed by atoms with Gasteiger partial charge in [0.15, 0.2) is 0 Å². The summed E-state index contributed by atoms with van der Waals surface area (Å²) in [6.45, 7) is 0. The molecule has 0 saturated carbocycles. The van der Waals surface area contributed by atoms with Gasteiger partial charge in [0.05, 0.1) is 25.2 Å². The Labute approximate surface area is 148 Å². The Morgan fingerprint density at radius 2 is 1.72 bits per heavy atom. The lowest BCUT2D eigenvalue weighted by molar-refractivity contribution is -0.138. The van der Waals surface area contributed by atoms with Crippen LogP contribution in [0.15, 0.2) is 53.6 Å². The average Bonchev–Trinajstić information content (AvgIpc) is 3.15. The molecule has 0 spiro atoms. The van der Waals surface area contributed by atoms with Crippen LogP contribution in [-0.2, 0) is 19.1 Å². The fourth-order valence-electron chi connectivity index (χ4n) is 1.86. The van der Waals surface area contributed by atoms with Crippen molar-refractivity contribution >= 4 is 40.6 Å². The van der Waals surface area contributed by atoms with Gasteiger partial charge in [-0.2, -0.15) is 0 Å². The predicted octanol–water partition coefficient (Wildman–Crippen LogP) is 2.64. The van der Waals surface area contributed by atoms with Crippen LogP contribution in [0.5, 0.6) is 0 Å². The number of rotatable bonds is 6. The number of carbonyl (C=O) groups excluding carboxylic acids is 3. The van der Waals surface area contributed by atoms with Gasteiger partial charge in [-0.1, -0.05) is 12.1 Å². The van der Waals surface area contributed by atoms with E-state index in [0.717, 1.165) is 6.08 Å². The van der Waals surface area contributed by atoms with Crippen LogP contribution < -0.4 is 10.6 Å². The smallest absolute Gasteiger partial charge is 0.354 e. The second kappa shape index (κ2) is 8.65. The largest absolute Gasteiger partial charge is 0.466 e. The molecule has 1 amide bonds. The zero-order valence-electron chi connectivity index (χ0n) is 13.6. The van der Waals surface area contributed by atoms with Crippen molar-refractivity contribution in [2.45, 2.75) is 0 Å². The van der Waals surface area contributed by atoms with Gasteiger partial charge in [-0.3, -0.25) is 4.79 Å². The standard InChI is InChI=1S/C17H16N2O5S/c1-23-15(20)10-13(17(22)24-2)18-11-5-3-6-12(9-11)19-16(21)14-7-4-8-25-14/h3-10,18H,1-2H3,(H,19,21)/b13-10+. The van der Waals surface area contributed by atoms with Crippen LogP contribution in [0.1, 0.15) is 9.67 Å². The SMILES string of the molecule is COC(=O)/C=C(/Nc1cccc(NC(=O)c2cccs2)c1)C(=O)OC. The number of hydrogen-bond donors (Lipinski definition) is 2. The summed E-state index contributed by atoms with van der Waals surface area (Å²) in [7, 11) is 2.40. The van der Waals surface area contributed by atoms with Gasteiger partial charge >= 0.3 is 11.9 Å². The van der Waals surface area contributed by atoms with Gasteiger partial charge in [-0.15, -0.1) is 11.3 Å². The van der Waals surface area contributed by atoms with Crippen LogP contribution in [0.25, 0.3) is 0 Å². The molecule has 0 radical (unpaired) electrons. The number of amides is 1. The minimum atomic E-state index is -0.724. The average molecular weight is 360 g/mol. The number of carbonyl (C=O) groups is 3. The van der Waals surface area contributed by atoms with Gasteiger partial charge in [0.1, 0.15) is 5.70 Å². The van der Waals surface area contributed by atoms with E-state index in [9.17, 15) is 14.4 Å². The fourth-order valence-corrected chi connectivity index (χ4v) is 2.48. The van der Waals surface area contributed by atoms with E-state index < -0.39 is 11.9 Å². The number of esters is 2. The molecule has 0 fully saturated rings. The van der Waals surface area contributed by atoms with Crippen molar-refractivity contribution in [1.82, 2.24) is 0 Å². The van der Waals surface area contributed by atoms with Gasteiger partial charge in [-0.05, 0) is 29.6 Å². The number of methoxy groups -OCH3 is 2. The van der Waals surface area contributed by atoms with E-state index in [1.54, 1.807) is 36.4 Å². The zero-order valence-corrected chi connectivity index (χ0v) is 14.4. The molecule has 7 nitrogen and oxygen atoms in total. The van der Waals surface area contributed by atoms with Crippen molar-refractivity contribution in [3.63, 3.8) is 0 Å². The molecular formula is C17H16N2O5S. The highest BCUT2D eigenvalue weighted by molar-refractivity contribution is 7.12. The lowest BCUT2D eigenvalue weighted by Gasteiger charge is -2.11. The fraction of sp³-hybridized carbons (Fsp3) is 0.118. The number of ether oxygens (including phenoxy) is 2. The minimum absolute atomic E-state index is 0.0870. The van der Waals surface area contributed by atoms with Gasteiger partial charge in [-0.25, -0.2) is 9.59 Å². The number of benzene rings is 1. The third kappa shape index (κ3) is 5.18. The van der Waals surface area contributed by atoms with Crippen LogP contribution in [0, 0.1) is 0 Å². The van der Waals surface area contributed by atoms with Crippen LogP contribution in [-0.4, -0.2) is 32.1 Å². The van der Waals surface area contributed by atoms with E-state index >= 15 is 0 Å². The Morgan fingerprint density at radius 3 is 2.32 bits per heavy atom. The number of thiophene rings is 1. The molecule has 130 valence electrons. The molecule has 2 rings (SSSR count). The number of anilines is 2. The highest BCUT2D eigenvalue weighted by Gasteiger charge is 2.13. The minimum Gasteiger partial charge on any atom is -0.466 e. The van der Waals surface area contributed by atoms with E-state index in [-0.39, 0.29) is 11.6 Å². The summed E-state index contributed by atoms with van der Waals surface area (Å²) in [4.78, 5) is 35.8. The van der Waals surface area contributed by atoms with Crippen LogP contribution in [0.2, 0.25) is 0 Å². The van der Waals surface area contributed by atoms with Gasteiger partial charge in [0, 0.05) is 11.4 Å². The Bertz CT molecular complexity index is 799. The van der Waals surface area contributed by atoms with E-state index in [1.807, 2.05) is 5.38 Å². The summed E-state index contributed by atoms with van der Waals surface area (Å²) in [5.74, 6) is -1.65. The maximum Gasteiger partial charge on any atom is 0.354 e. The first-order valence-corrected chi connectivity index (χ1v) is 8.01. The van der Waals surface area contributed by atoms with Gasteiger partial charge in [0.2, 0.25) is 0 Å². The Morgan fingerprint density at radius 1 is 1.00 bits per heavy atom. The Balaban J connectivity index is 2.16. The first-order valence-electron chi connectivity index (χ1n) is 7.13. The lowest BCUT2D eigenvalue weighted by atomic mass is 10.2. The van der Waals surface area contributed by atoms with Crippen LogP contribution in [0.4, 0.5) is 11.4 Å². The molecule has 1 heterocycles. The van der Waals surface area contributed by atoms with E-state index in [4.69, 9.17) is 0 Å². The molecular weight excluding hydrogens is 344 g/mol. The molecule has 8 heteroatoms. The van der Waals surface area contributed by atoms with Crippen LogP contribution >= 0.6 is 11.3 Å². The molecule has 25 heavy (non-hydrogen) atoms. The first-order chi connectivity index (χ1) is 12.0. The predicted molar refractivity (Wildman–Crippen MR) is 94.5 cm³/mol. The van der Waals surface area contributed by atoms with E-state index in [2.05, 4.69) is 20.1 Å². The highest BCUT2D eigenvalue weighted by Crippen LogP contribution is 2.19. The molecule has 0 aliphatic heterocycles. The molecule has 2 aromatic rings. The zero-order chi connectivity index (χ0) is 18.2. The van der Waals surface area contributed by atoms with Crippen molar-refractivity contribution in [2.24, 2.45) is 0 Å². The van der Waals surface area contributed by atoms with Crippen molar-refractivity contribution in [3.05, 3.63) is 58.4 Å². The third-order valence-electron chi connectivity index (χ3n) is 3.01. The summed E-state index contributed by atoms with van der Waals surface area (Å²) in [5.41, 5.74) is 0.936. The maximum atomic E-state index is 12.1. The van der Waals surface area contributed by atoms with Gasteiger partial charge in [0.25, 0.3) is 5.91 Å². The summed E-state index contributed by atoms with van der Waals surface area (Å²) >= 11 is 1.33. The second-order valence-corrected chi connectivity index (χ2v) is 5.66. The van der Waals surface area contributed by atoms with Crippen LogP contribution in [0.3, 0.4) is 0 Å². The topological polar surface area (TPSA) is 93.7 Å². The summed E-state index contributed by atoms with van der Waals surface area (Å²) in [5, 5.41) is 7.35. The molecule has 2 N–H and O–H groups in total. The van der Waals surface area contributed by atoms with Crippen molar-refractivity contribution in [3.8, 4) is 0 Å². The Hall–Kier alpha value is -3.13. The summed E-state index contributed by atoms with van der Waals surface area (Å²) in [6.07, 6.45) is 0.989. The normalized spacial score (nSPS) is 10.7. The quantitative estimate of drug-likeness (QED) is 0.608. The molecule has 0 atom stereocenters. The lowest BCUT2D eigenvalue weighted by Crippen LogP contribution is -2.16. The molecule has 1 aromatic heterocycles. The molecule has 0 aliphatic carbocycles. The maximum absolute atomic E-state index is 12.1. The van der Waals surface area contributed by atoms with Crippen molar-refractivity contribution < 1.29 is 23.9 Å². The highest BCUT2D eigenvalue weighted by atomic mass is 32.1. The third-order valence-corrected chi connectivity index (χ3v) is 3.88. The molecule has 0 aliphatic rings. The molecule has 0 saturated heterocycles. The molecule has 0 bridgehead atoms. The Kier molecular flexibility index (Phi) is 6.30. The second-order valence-electron chi connectivity index (χ2n) is 4.71. The van der Waals surface area contributed by atoms with E-state index in [1.165, 1.54) is 25.6 Å². The molecule has 1 aromatic carbocycles. The molecule has 0 unspecified atom stereocenters. The number of hydrogen-bond acceptors (Lipinski definition) is 7. The van der Waals surface area contributed by atoms with Gasteiger partial charge < -0.3 is 20.1 Å². The summed E-state index contributed by atoms with van der Waals surface area (Å²) in [6, 6.07) is 10.2. The van der Waals surface area contributed by atoms with Crippen molar-refractivity contribution in [2.75, 3.05) is 24.9 Å². The number of nitrogens with one attached hydrogen (secondary N) is 2. The first kappa shape index (κ1) is 18.2. The van der Waals surface area contributed by atoms with Crippen molar-refractivity contribution in [1.29, 1.82) is 0 Å². The van der Waals surface area contributed by atoms with E-state index in [0.29, 0.717) is 16.3 Å².